The van der Waals surface area contributed by atoms with Crippen molar-refractivity contribution in [3.63, 3.8) is 0 Å². The summed E-state index contributed by atoms with van der Waals surface area (Å²) >= 11 is 0. The minimum Gasteiger partial charge on any atom is -0.346 e. The van der Waals surface area contributed by atoms with Crippen LogP contribution in [0.3, 0.4) is 0 Å². The monoisotopic (exact) mass is 167 g/mol. The Morgan fingerprint density at radius 3 is 2.75 bits per heavy atom. The highest BCUT2D eigenvalue weighted by atomic mass is 16.1. The minimum absolute atomic E-state index is 0.0810. The Balaban J connectivity index is 2.56. The van der Waals surface area contributed by atoms with E-state index in [1.165, 1.54) is 5.57 Å². The summed E-state index contributed by atoms with van der Waals surface area (Å²) in [6.07, 6.45) is 3.79. The zero-order chi connectivity index (χ0) is 9.14. The van der Waals surface area contributed by atoms with Crippen LogP contribution in [-0.4, -0.2) is 11.9 Å². The van der Waals surface area contributed by atoms with Crippen molar-refractivity contribution >= 4 is 5.91 Å². The zero-order valence-electron chi connectivity index (χ0n) is 8.05. The average molecular weight is 167 g/mol. The largest absolute Gasteiger partial charge is 0.346 e. The highest BCUT2D eigenvalue weighted by molar-refractivity contribution is 5.91. The zero-order valence-corrected chi connectivity index (χ0v) is 8.05. The molecule has 0 saturated heterocycles. The number of nitrogens with one attached hydrogen (secondary N) is 1. The smallest absolute Gasteiger partial charge is 0.244 e. The summed E-state index contributed by atoms with van der Waals surface area (Å²) in [6, 6.07) is 0.308. The molecule has 0 saturated carbocycles. The van der Waals surface area contributed by atoms with Crippen LogP contribution in [0.2, 0.25) is 0 Å². The lowest BCUT2D eigenvalue weighted by Gasteiger charge is -2.16. The number of carbonyl (C=O) groups excluding carboxylic acids is 1. The fourth-order valence-corrected chi connectivity index (χ4v) is 1.61. The third-order valence-corrected chi connectivity index (χ3v) is 2.20. The number of carbonyl (C=O) groups is 1. The molecule has 1 unspecified atom stereocenters. The van der Waals surface area contributed by atoms with Crippen LogP contribution >= 0.6 is 0 Å². The molecule has 0 aromatic heterocycles. The van der Waals surface area contributed by atoms with Crippen molar-refractivity contribution in [1.29, 1.82) is 0 Å². The van der Waals surface area contributed by atoms with E-state index in [1.807, 2.05) is 0 Å². The van der Waals surface area contributed by atoms with Gasteiger partial charge in [0.25, 0.3) is 0 Å². The topological polar surface area (TPSA) is 29.1 Å². The van der Waals surface area contributed by atoms with Gasteiger partial charge in [-0.2, -0.15) is 0 Å². The van der Waals surface area contributed by atoms with Gasteiger partial charge in [-0.05, 0) is 24.3 Å². The van der Waals surface area contributed by atoms with Gasteiger partial charge in [0.15, 0.2) is 0 Å². The predicted molar refractivity (Wildman–Crippen MR) is 49.8 cm³/mol. The molecule has 68 valence electrons. The highest BCUT2D eigenvalue weighted by Gasteiger charge is 2.22. The number of hydrogen-bond acceptors (Lipinski definition) is 1. The van der Waals surface area contributed by atoms with Crippen LogP contribution in [0.25, 0.3) is 0 Å². The van der Waals surface area contributed by atoms with Crippen LogP contribution in [0.4, 0.5) is 0 Å². The first-order chi connectivity index (χ1) is 5.63. The molecule has 0 fully saturated rings. The van der Waals surface area contributed by atoms with Crippen LogP contribution < -0.4 is 5.32 Å². The maximum absolute atomic E-state index is 11.0. The van der Waals surface area contributed by atoms with Crippen LogP contribution in [-0.2, 0) is 4.79 Å². The van der Waals surface area contributed by atoms with E-state index in [4.69, 9.17) is 0 Å². The quantitative estimate of drug-likeness (QED) is 0.683. The second-order valence-corrected chi connectivity index (χ2v) is 3.76. The summed E-state index contributed by atoms with van der Waals surface area (Å²) in [5.41, 5.74) is 1.26. The SMILES string of the molecule is CCC1=CC(=O)NC1CC(C)C. The predicted octanol–water partition coefficient (Wildman–Crippen LogP) is 1.87. The van der Waals surface area contributed by atoms with E-state index < -0.39 is 0 Å². The summed E-state index contributed by atoms with van der Waals surface area (Å²) in [5.74, 6) is 0.723. The summed E-state index contributed by atoms with van der Waals surface area (Å²) in [6.45, 7) is 6.45. The second kappa shape index (κ2) is 3.74. The standard InChI is InChI=1S/C10H17NO/c1-4-8-6-10(12)11-9(8)5-7(2)3/h6-7,9H,4-5H2,1-3H3,(H,11,12). The van der Waals surface area contributed by atoms with Crippen molar-refractivity contribution in [2.75, 3.05) is 0 Å². The summed E-state index contributed by atoms with van der Waals surface area (Å²) in [7, 11) is 0. The van der Waals surface area contributed by atoms with Gasteiger partial charge in [-0.1, -0.05) is 20.8 Å². The Bertz CT molecular complexity index is 206. The molecule has 0 aliphatic carbocycles. The van der Waals surface area contributed by atoms with Gasteiger partial charge in [-0.3, -0.25) is 4.79 Å². The molecule has 1 aliphatic rings. The average Bonchev–Trinajstić information content (AvgIpc) is 2.29. The van der Waals surface area contributed by atoms with Crippen LogP contribution in [0.1, 0.15) is 33.6 Å². The van der Waals surface area contributed by atoms with E-state index in [2.05, 4.69) is 26.1 Å². The van der Waals surface area contributed by atoms with E-state index in [-0.39, 0.29) is 5.91 Å². The number of amides is 1. The van der Waals surface area contributed by atoms with Crippen molar-refractivity contribution in [3.05, 3.63) is 11.6 Å². The van der Waals surface area contributed by atoms with Crippen molar-refractivity contribution in [1.82, 2.24) is 5.32 Å². The molecule has 1 heterocycles. The van der Waals surface area contributed by atoms with Gasteiger partial charge in [-0.25, -0.2) is 0 Å². The molecule has 0 radical (unpaired) electrons. The Hall–Kier alpha value is -0.790. The molecule has 12 heavy (non-hydrogen) atoms. The van der Waals surface area contributed by atoms with E-state index >= 15 is 0 Å². The van der Waals surface area contributed by atoms with Gasteiger partial charge >= 0.3 is 0 Å². The molecule has 1 atom stereocenters. The molecule has 2 nitrogen and oxygen atoms in total. The summed E-state index contributed by atoms with van der Waals surface area (Å²) < 4.78 is 0. The third-order valence-electron chi connectivity index (χ3n) is 2.20. The van der Waals surface area contributed by atoms with E-state index in [1.54, 1.807) is 6.08 Å². The van der Waals surface area contributed by atoms with Crippen molar-refractivity contribution < 1.29 is 4.79 Å². The first kappa shape index (κ1) is 9.30. The molecule has 2 heteroatoms. The van der Waals surface area contributed by atoms with Gasteiger partial charge < -0.3 is 5.32 Å². The van der Waals surface area contributed by atoms with E-state index in [0.717, 1.165) is 12.8 Å². The Labute approximate surface area is 74.0 Å². The molecule has 1 rings (SSSR count). The minimum atomic E-state index is 0.0810. The molecule has 1 aliphatic heterocycles. The van der Waals surface area contributed by atoms with Crippen molar-refractivity contribution in [2.45, 2.75) is 39.7 Å². The fourth-order valence-electron chi connectivity index (χ4n) is 1.61. The second-order valence-electron chi connectivity index (χ2n) is 3.76. The van der Waals surface area contributed by atoms with Crippen LogP contribution in [0, 0.1) is 5.92 Å². The highest BCUT2D eigenvalue weighted by Crippen LogP contribution is 2.19. The van der Waals surface area contributed by atoms with Crippen molar-refractivity contribution in [2.24, 2.45) is 5.92 Å². The number of hydrogen-bond donors (Lipinski definition) is 1. The first-order valence-electron chi connectivity index (χ1n) is 4.64. The molecular formula is C10H17NO. The third kappa shape index (κ3) is 2.10. The van der Waals surface area contributed by atoms with Gasteiger partial charge in [0.05, 0.1) is 6.04 Å². The van der Waals surface area contributed by atoms with Gasteiger partial charge in [0.2, 0.25) is 5.91 Å². The Morgan fingerprint density at radius 2 is 2.25 bits per heavy atom. The maximum atomic E-state index is 11.0. The summed E-state index contributed by atoms with van der Waals surface area (Å²) in [4.78, 5) is 11.0. The number of rotatable bonds is 3. The molecule has 1 N–H and O–H groups in total. The molecular weight excluding hydrogens is 150 g/mol. The van der Waals surface area contributed by atoms with Gasteiger partial charge in [-0.15, -0.1) is 0 Å². The normalized spacial score (nSPS) is 22.8. The Kier molecular flexibility index (Phi) is 2.90. The van der Waals surface area contributed by atoms with Crippen LogP contribution in [0.15, 0.2) is 11.6 Å². The van der Waals surface area contributed by atoms with Crippen molar-refractivity contribution in [3.8, 4) is 0 Å². The lowest BCUT2D eigenvalue weighted by molar-refractivity contribution is -0.116. The maximum Gasteiger partial charge on any atom is 0.244 e. The lowest BCUT2D eigenvalue weighted by atomic mass is 9.97. The molecule has 0 bridgehead atoms. The fraction of sp³-hybridized carbons (Fsp3) is 0.700. The molecule has 0 spiro atoms. The first-order valence-corrected chi connectivity index (χ1v) is 4.64. The van der Waals surface area contributed by atoms with Gasteiger partial charge in [0.1, 0.15) is 0 Å². The summed E-state index contributed by atoms with van der Waals surface area (Å²) in [5, 5.41) is 2.95. The van der Waals surface area contributed by atoms with E-state index in [9.17, 15) is 4.79 Å². The lowest BCUT2D eigenvalue weighted by Crippen LogP contribution is -2.29. The molecule has 0 aromatic rings. The molecule has 1 amide bonds. The van der Waals surface area contributed by atoms with Gasteiger partial charge in [0, 0.05) is 6.08 Å². The Morgan fingerprint density at radius 1 is 1.58 bits per heavy atom. The molecule has 0 aromatic carbocycles. The van der Waals surface area contributed by atoms with E-state index in [0.29, 0.717) is 12.0 Å². The van der Waals surface area contributed by atoms with Crippen LogP contribution in [0.5, 0.6) is 0 Å².